The lowest BCUT2D eigenvalue weighted by atomic mass is 9.94. The smallest absolute Gasteiger partial charge is 0.258 e. The lowest BCUT2D eigenvalue weighted by Gasteiger charge is -2.37. The second-order valence-electron chi connectivity index (χ2n) is 7.80. The standard InChI is InChI=1S/C24H24N4O4S/c1-4-11-28-14(2)20(21(25-24(28)33)15-5-8-17(29-3)9-6-15)23-26-22(27-32-23)16-7-10-18-19(12-16)31-13-30-18/h5-10,12,21H,4,11,13H2,1-3H3,(H,25,33). The second-order valence-corrected chi connectivity index (χ2v) is 8.18. The molecule has 5 rings (SSSR count). The van der Waals surface area contributed by atoms with Gasteiger partial charge in [-0.1, -0.05) is 24.2 Å². The molecule has 0 amide bonds. The lowest BCUT2D eigenvalue weighted by Crippen LogP contribution is -2.46. The molecule has 1 N–H and O–H groups in total. The van der Waals surface area contributed by atoms with Gasteiger partial charge >= 0.3 is 0 Å². The Morgan fingerprint density at radius 3 is 2.70 bits per heavy atom. The number of methoxy groups -OCH3 is 1. The first kappa shape index (κ1) is 21.3. The van der Waals surface area contributed by atoms with Gasteiger partial charge in [-0.3, -0.25) is 0 Å². The van der Waals surface area contributed by atoms with Crippen LogP contribution in [-0.2, 0) is 0 Å². The van der Waals surface area contributed by atoms with Crippen LogP contribution in [0.1, 0.15) is 37.8 Å². The van der Waals surface area contributed by atoms with Crippen LogP contribution in [0.4, 0.5) is 0 Å². The number of aromatic nitrogens is 2. The second kappa shape index (κ2) is 8.74. The summed E-state index contributed by atoms with van der Waals surface area (Å²) in [5.74, 6) is 3.09. The molecular formula is C24H24N4O4S. The fourth-order valence-corrected chi connectivity index (χ4v) is 4.43. The summed E-state index contributed by atoms with van der Waals surface area (Å²) >= 11 is 5.69. The van der Waals surface area contributed by atoms with E-state index < -0.39 is 0 Å². The molecule has 0 saturated heterocycles. The number of benzene rings is 2. The van der Waals surface area contributed by atoms with E-state index in [4.69, 9.17) is 35.9 Å². The molecule has 2 aromatic carbocycles. The molecule has 0 radical (unpaired) electrons. The third kappa shape index (κ3) is 3.89. The van der Waals surface area contributed by atoms with Crippen molar-refractivity contribution in [1.82, 2.24) is 20.4 Å². The highest BCUT2D eigenvalue weighted by Gasteiger charge is 2.34. The van der Waals surface area contributed by atoms with Gasteiger partial charge in [-0.05, 0) is 61.5 Å². The van der Waals surface area contributed by atoms with Crippen LogP contribution >= 0.6 is 12.2 Å². The van der Waals surface area contributed by atoms with Crippen LogP contribution in [0.3, 0.4) is 0 Å². The summed E-state index contributed by atoms with van der Waals surface area (Å²) in [5.41, 5.74) is 3.69. The first-order chi connectivity index (χ1) is 16.1. The molecule has 8 nitrogen and oxygen atoms in total. The first-order valence-corrected chi connectivity index (χ1v) is 11.2. The Morgan fingerprint density at radius 1 is 1.15 bits per heavy atom. The SMILES string of the molecule is CCCN1C(=S)NC(c2ccc(OC)cc2)C(c2nc(-c3ccc4c(c3)OCO4)no2)=C1C. The average Bonchev–Trinajstić information content (AvgIpc) is 3.50. The summed E-state index contributed by atoms with van der Waals surface area (Å²) in [7, 11) is 1.65. The highest BCUT2D eigenvalue weighted by molar-refractivity contribution is 7.80. The van der Waals surface area contributed by atoms with Crippen molar-refractivity contribution >= 4 is 22.9 Å². The van der Waals surface area contributed by atoms with Gasteiger partial charge in [0.15, 0.2) is 16.6 Å². The Bertz CT molecular complexity index is 1220. The van der Waals surface area contributed by atoms with Gasteiger partial charge in [0.05, 0.1) is 18.7 Å². The number of thiocarbonyl (C=S) groups is 1. The first-order valence-electron chi connectivity index (χ1n) is 10.8. The van der Waals surface area contributed by atoms with Gasteiger partial charge in [-0.2, -0.15) is 4.98 Å². The van der Waals surface area contributed by atoms with E-state index in [1.807, 2.05) is 49.4 Å². The van der Waals surface area contributed by atoms with Crippen LogP contribution in [0, 0.1) is 0 Å². The summed E-state index contributed by atoms with van der Waals surface area (Å²) in [5, 5.41) is 8.39. The molecule has 3 aromatic rings. The predicted molar refractivity (Wildman–Crippen MR) is 127 cm³/mol. The van der Waals surface area contributed by atoms with Crippen molar-refractivity contribution < 1.29 is 18.7 Å². The van der Waals surface area contributed by atoms with Gasteiger partial charge in [0.25, 0.3) is 5.89 Å². The highest BCUT2D eigenvalue weighted by Crippen LogP contribution is 2.39. The van der Waals surface area contributed by atoms with E-state index in [1.165, 1.54) is 0 Å². The number of hydrogen-bond acceptors (Lipinski definition) is 7. The number of hydrogen-bond donors (Lipinski definition) is 1. The summed E-state index contributed by atoms with van der Waals surface area (Å²) < 4.78 is 22.0. The van der Waals surface area contributed by atoms with Gasteiger partial charge in [0.1, 0.15) is 5.75 Å². The van der Waals surface area contributed by atoms with Crippen molar-refractivity contribution in [2.75, 3.05) is 20.4 Å². The minimum atomic E-state index is -0.235. The van der Waals surface area contributed by atoms with E-state index in [1.54, 1.807) is 7.11 Å². The van der Waals surface area contributed by atoms with Crippen LogP contribution in [0.5, 0.6) is 17.2 Å². The fourth-order valence-electron chi connectivity index (χ4n) is 4.08. The Hall–Kier alpha value is -3.59. The molecule has 0 spiro atoms. The molecule has 3 heterocycles. The Kier molecular flexibility index (Phi) is 5.63. The average molecular weight is 465 g/mol. The quantitative estimate of drug-likeness (QED) is 0.529. The topological polar surface area (TPSA) is 81.9 Å². The van der Waals surface area contributed by atoms with Crippen molar-refractivity contribution in [3.05, 3.63) is 59.6 Å². The van der Waals surface area contributed by atoms with Gasteiger partial charge < -0.3 is 29.0 Å². The van der Waals surface area contributed by atoms with Crippen LogP contribution in [0.15, 0.2) is 52.7 Å². The van der Waals surface area contributed by atoms with Gasteiger partial charge in [0, 0.05) is 17.8 Å². The minimum absolute atomic E-state index is 0.213. The normalized spacial score (nSPS) is 17.4. The molecule has 9 heteroatoms. The maximum absolute atomic E-state index is 5.78. The molecule has 33 heavy (non-hydrogen) atoms. The molecule has 0 aliphatic carbocycles. The van der Waals surface area contributed by atoms with Crippen molar-refractivity contribution in [2.24, 2.45) is 0 Å². The van der Waals surface area contributed by atoms with Crippen molar-refractivity contribution in [1.29, 1.82) is 0 Å². The monoisotopic (exact) mass is 464 g/mol. The zero-order valence-corrected chi connectivity index (χ0v) is 19.4. The van der Waals surface area contributed by atoms with Gasteiger partial charge in [-0.25, -0.2) is 0 Å². The predicted octanol–water partition coefficient (Wildman–Crippen LogP) is 4.55. The summed E-state index contributed by atoms with van der Waals surface area (Å²) in [4.78, 5) is 6.82. The maximum atomic E-state index is 5.78. The molecule has 1 aromatic heterocycles. The van der Waals surface area contributed by atoms with E-state index in [0.717, 1.165) is 41.1 Å². The van der Waals surface area contributed by atoms with Gasteiger partial charge in [-0.15, -0.1) is 0 Å². The minimum Gasteiger partial charge on any atom is -0.497 e. The number of nitrogens with zero attached hydrogens (tertiary/aromatic N) is 3. The zero-order chi connectivity index (χ0) is 22.9. The zero-order valence-electron chi connectivity index (χ0n) is 18.6. The molecule has 0 fully saturated rings. The summed E-state index contributed by atoms with van der Waals surface area (Å²) in [6, 6.07) is 13.2. The van der Waals surface area contributed by atoms with Crippen LogP contribution < -0.4 is 19.5 Å². The fraction of sp³-hybridized carbons (Fsp3) is 0.292. The number of allylic oxidation sites excluding steroid dienone is 1. The summed E-state index contributed by atoms with van der Waals surface area (Å²) in [6.07, 6.45) is 0.950. The highest BCUT2D eigenvalue weighted by atomic mass is 32.1. The Morgan fingerprint density at radius 2 is 1.94 bits per heavy atom. The lowest BCUT2D eigenvalue weighted by molar-refractivity contribution is 0.174. The van der Waals surface area contributed by atoms with Crippen molar-refractivity contribution in [2.45, 2.75) is 26.3 Å². The number of ether oxygens (including phenoxy) is 3. The van der Waals surface area contributed by atoms with E-state index in [0.29, 0.717) is 28.3 Å². The Labute approximate surface area is 197 Å². The number of nitrogens with one attached hydrogen (secondary N) is 1. The van der Waals surface area contributed by atoms with Crippen LogP contribution in [-0.4, -0.2) is 40.6 Å². The number of fused-ring (bicyclic) bond motifs is 1. The number of rotatable bonds is 6. The maximum Gasteiger partial charge on any atom is 0.258 e. The van der Waals surface area contributed by atoms with Crippen molar-refractivity contribution in [3.63, 3.8) is 0 Å². The van der Waals surface area contributed by atoms with Crippen LogP contribution in [0.25, 0.3) is 17.0 Å². The molecule has 170 valence electrons. The Balaban J connectivity index is 1.56. The van der Waals surface area contributed by atoms with E-state index in [9.17, 15) is 0 Å². The molecule has 2 aliphatic rings. The van der Waals surface area contributed by atoms with E-state index >= 15 is 0 Å². The van der Waals surface area contributed by atoms with Gasteiger partial charge in [0.2, 0.25) is 12.6 Å². The van der Waals surface area contributed by atoms with Crippen LogP contribution in [0.2, 0.25) is 0 Å². The molecule has 1 unspecified atom stereocenters. The largest absolute Gasteiger partial charge is 0.497 e. The van der Waals surface area contributed by atoms with Crippen molar-refractivity contribution in [3.8, 4) is 28.6 Å². The molecule has 1 atom stereocenters. The third-order valence-corrected chi connectivity index (χ3v) is 6.12. The van der Waals surface area contributed by atoms with E-state index in [2.05, 4.69) is 22.3 Å². The molecule has 2 aliphatic heterocycles. The molecule has 0 bridgehead atoms. The molecule has 0 saturated carbocycles. The molecular weight excluding hydrogens is 440 g/mol. The summed E-state index contributed by atoms with van der Waals surface area (Å²) in [6.45, 7) is 5.17. The third-order valence-electron chi connectivity index (χ3n) is 5.78. The van der Waals surface area contributed by atoms with E-state index in [-0.39, 0.29) is 12.8 Å².